The van der Waals surface area contributed by atoms with Crippen LogP contribution in [0.2, 0.25) is 5.22 Å². The fourth-order valence-corrected chi connectivity index (χ4v) is 2.69. The molecule has 2 rings (SSSR count). The highest BCUT2D eigenvalue weighted by Gasteiger charge is 2.28. The molecule has 1 aromatic heterocycles. The van der Waals surface area contributed by atoms with E-state index >= 15 is 0 Å². The van der Waals surface area contributed by atoms with Crippen LogP contribution in [0.25, 0.3) is 0 Å². The van der Waals surface area contributed by atoms with Gasteiger partial charge in [0.1, 0.15) is 6.61 Å². The Kier molecular flexibility index (Phi) is 5.06. The van der Waals surface area contributed by atoms with Gasteiger partial charge in [0.25, 0.3) is 0 Å². The van der Waals surface area contributed by atoms with E-state index in [2.05, 4.69) is 5.16 Å². The Hall–Kier alpha value is -1.76. The molecule has 2 N–H and O–H groups in total. The first kappa shape index (κ1) is 15.6. The number of primary amides is 1. The van der Waals surface area contributed by atoms with Crippen LogP contribution in [0.5, 0.6) is 0 Å². The van der Waals surface area contributed by atoms with E-state index in [0.29, 0.717) is 24.2 Å². The van der Waals surface area contributed by atoms with Crippen LogP contribution >= 0.6 is 11.6 Å². The minimum Gasteiger partial charge on any atom is -0.463 e. The summed E-state index contributed by atoms with van der Waals surface area (Å²) in [7, 11) is 0. The highest BCUT2D eigenvalue weighted by Crippen LogP contribution is 2.21. The lowest BCUT2D eigenvalue weighted by Crippen LogP contribution is -2.41. The molecule has 0 radical (unpaired) electrons. The molecule has 1 aliphatic rings. The molecule has 1 saturated heterocycles. The maximum atomic E-state index is 11.7. The number of carbonyl (C=O) groups is 2. The molecule has 1 aromatic rings. The fraction of sp³-hybridized carbons (Fsp3) is 0.615. The maximum Gasteiger partial charge on any atom is 0.315 e. The summed E-state index contributed by atoms with van der Waals surface area (Å²) in [5, 5.41) is 3.92. The van der Waals surface area contributed by atoms with Gasteiger partial charge in [0, 0.05) is 18.5 Å². The molecule has 0 unspecified atom stereocenters. The van der Waals surface area contributed by atoms with E-state index in [-0.39, 0.29) is 30.3 Å². The Balaban J connectivity index is 1.76. The molecular weight excluding hydrogens is 298 g/mol. The Bertz CT molecular complexity index is 512. The van der Waals surface area contributed by atoms with Crippen LogP contribution in [0.1, 0.15) is 30.5 Å². The molecule has 1 fully saturated rings. The number of likely N-dealkylation sites (tertiary alicyclic amines) is 1. The molecule has 7 nitrogen and oxygen atoms in total. The van der Waals surface area contributed by atoms with Crippen LogP contribution in [0.4, 0.5) is 4.79 Å². The van der Waals surface area contributed by atoms with Gasteiger partial charge in [-0.1, -0.05) is 5.16 Å². The third-order valence-corrected chi connectivity index (χ3v) is 3.91. The van der Waals surface area contributed by atoms with Gasteiger partial charge in [0.05, 0.1) is 11.7 Å². The minimum atomic E-state index is -0.472. The first-order valence-corrected chi connectivity index (χ1v) is 7.19. The number of nitrogens with zero attached hydrogens (tertiary/aromatic N) is 2. The number of ether oxygens (including phenoxy) is 1. The van der Waals surface area contributed by atoms with Crippen LogP contribution < -0.4 is 5.73 Å². The smallest absolute Gasteiger partial charge is 0.315 e. The number of nitrogens with two attached hydrogens (primary N) is 1. The summed E-state index contributed by atoms with van der Waals surface area (Å²) in [6.07, 6.45) is 2.27. The molecule has 0 spiro atoms. The molecular formula is C13H18ClN3O4. The molecule has 2 heterocycles. The lowest BCUT2D eigenvalue weighted by Gasteiger charge is -2.22. The summed E-state index contributed by atoms with van der Waals surface area (Å²) in [5.41, 5.74) is 6.65. The van der Waals surface area contributed by atoms with Crippen molar-refractivity contribution in [2.75, 3.05) is 13.2 Å². The van der Waals surface area contributed by atoms with E-state index in [9.17, 15) is 9.59 Å². The molecule has 0 bridgehead atoms. The molecule has 1 atom stereocenters. The number of urea groups is 1. The van der Waals surface area contributed by atoms with Crippen LogP contribution in [0, 0.1) is 6.92 Å². The second-order valence-electron chi connectivity index (χ2n) is 5.03. The normalized spacial score (nSPS) is 18.0. The third kappa shape index (κ3) is 3.87. The van der Waals surface area contributed by atoms with E-state index in [1.54, 1.807) is 6.92 Å². The summed E-state index contributed by atoms with van der Waals surface area (Å²) >= 11 is 5.82. The van der Waals surface area contributed by atoms with E-state index < -0.39 is 6.03 Å². The number of aryl methyl sites for hydroxylation is 1. The van der Waals surface area contributed by atoms with Gasteiger partial charge in [-0.05, 0) is 37.8 Å². The van der Waals surface area contributed by atoms with Crippen molar-refractivity contribution in [2.24, 2.45) is 5.73 Å². The number of halogens is 1. The second kappa shape index (κ2) is 6.80. The molecule has 0 aliphatic carbocycles. The number of esters is 1. The van der Waals surface area contributed by atoms with Crippen molar-refractivity contribution in [3.8, 4) is 0 Å². The van der Waals surface area contributed by atoms with Gasteiger partial charge in [0.2, 0.25) is 5.22 Å². The predicted molar refractivity (Wildman–Crippen MR) is 74.8 cm³/mol. The molecule has 2 amide bonds. The van der Waals surface area contributed by atoms with Gasteiger partial charge in [-0.2, -0.15) is 0 Å². The van der Waals surface area contributed by atoms with Crippen LogP contribution in [0.3, 0.4) is 0 Å². The molecule has 1 aliphatic heterocycles. The fourth-order valence-electron chi connectivity index (χ4n) is 2.43. The summed E-state index contributed by atoms with van der Waals surface area (Å²) < 4.78 is 10.0. The Morgan fingerprint density at radius 1 is 1.57 bits per heavy atom. The topological polar surface area (TPSA) is 98.7 Å². The summed E-state index contributed by atoms with van der Waals surface area (Å²) in [6, 6.07) is -0.590. The summed E-state index contributed by atoms with van der Waals surface area (Å²) in [6.45, 7) is 2.56. The zero-order chi connectivity index (χ0) is 15.4. The van der Waals surface area contributed by atoms with Crippen molar-refractivity contribution in [2.45, 2.75) is 38.6 Å². The first-order chi connectivity index (χ1) is 9.99. The van der Waals surface area contributed by atoms with Gasteiger partial charge in [-0.25, -0.2) is 4.79 Å². The second-order valence-corrected chi connectivity index (χ2v) is 5.37. The lowest BCUT2D eigenvalue weighted by molar-refractivity contribution is -0.144. The first-order valence-electron chi connectivity index (χ1n) is 6.81. The number of hydrogen-bond acceptors (Lipinski definition) is 5. The number of aromatic nitrogens is 1. The van der Waals surface area contributed by atoms with E-state index in [4.69, 9.17) is 26.6 Å². The van der Waals surface area contributed by atoms with Crippen molar-refractivity contribution in [3.05, 3.63) is 16.5 Å². The van der Waals surface area contributed by atoms with Crippen molar-refractivity contribution in [1.82, 2.24) is 10.1 Å². The van der Waals surface area contributed by atoms with Gasteiger partial charge in [-0.15, -0.1) is 0 Å². The number of carbonyl (C=O) groups excluding carboxylic acids is 2. The van der Waals surface area contributed by atoms with Gasteiger partial charge in [0.15, 0.2) is 0 Å². The van der Waals surface area contributed by atoms with Gasteiger partial charge < -0.3 is 19.9 Å². The van der Waals surface area contributed by atoms with Gasteiger partial charge >= 0.3 is 12.0 Å². The van der Waals surface area contributed by atoms with E-state index in [0.717, 1.165) is 12.8 Å². The lowest BCUT2D eigenvalue weighted by atomic mass is 10.1. The molecule has 116 valence electrons. The highest BCUT2D eigenvalue weighted by molar-refractivity contribution is 6.29. The van der Waals surface area contributed by atoms with Crippen molar-refractivity contribution in [1.29, 1.82) is 0 Å². The van der Waals surface area contributed by atoms with Crippen molar-refractivity contribution >= 4 is 23.6 Å². The van der Waals surface area contributed by atoms with E-state index in [1.165, 1.54) is 4.90 Å². The average molecular weight is 316 g/mol. The molecule has 0 aromatic carbocycles. The monoisotopic (exact) mass is 315 g/mol. The average Bonchev–Trinajstić information content (AvgIpc) is 3.02. The molecule has 8 heteroatoms. The maximum absolute atomic E-state index is 11.7. The van der Waals surface area contributed by atoms with Crippen LogP contribution in [-0.4, -0.2) is 41.3 Å². The van der Waals surface area contributed by atoms with E-state index in [1.807, 2.05) is 0 Å². The summed E-state index contributed by atoms with van der Waals surface area (Å²) in [4.78, 5) is 24.5. The molecule has 21 heavy (non-hydrogen) atoms. The number of hydrogen-bond donors (Lipinski definition) is 1. The SMILES string of the molecule is Cc1noc(Cl)c1CCC(=O)OC[C@H]1CCCN1C(N)=O. The van der Waals surface area contributed by atoms with Crippen LogP contribution in [-0.2, 0) is 16.0 Å². The third-order valence-electron chi connectivity index (χ3n) is 3.61. The number of rotatable bonds is 5. The van der Waals surface area contributed by atoms with Crippen molar-refractivity contribution in [3.63, 3.8) is 0 Å². The largest absolute Gasteiger partial charge is 0.463 e. The standard InChI is InChI=1S/C13H18ClN3O4/c1-8-10(12(14)21-16-8)4-5-11(18)20-7-9-3-2-6-17(9)13(15)19/h9H,2-7H2,1H3,(H2,15,19)/t9-/m1/s1. The number of amides is 2. The van der Waals surface area contributed by atoms with Gasteiger partial charge in [-0.3, -0.25) is 4.79 Å². The minimum absolute atomic E-state index is 0.118. The van der Waals surface area contributed by atoms with Crippen molar-refractivity contribution < 1.29 is 18.8 Å². The summed E-state index contributed by atoms with van der Waals surface area (Å²) in [5.74, 6) is -0.344. The predicted octanol–water partition coefficient (Wildman–Crippen LogP) is 1.66. The zero-order valence-electron chi connectivity index (χ0n) is 11.8. The highest BCUT2D eigenvalue weighted by atomic mass is 35.5. The van der Waals surface area contributed by atoms with Crippen LogP contribution in [0.15, 0.2) is 4.52 Å². The molecule has 0 saturated carbocycles. The zero-order valence-corrected chi connectivity index (χ0v) is 12.6. The quantitative estimate of drug-likeness (QED) is 0.833. The Morgan fingerprint density at radius 2 is 2.33 bits per heavy atom. The Morgan fingerprint density at radius 3 is 2.95 bits per heavy atom. The Labute approximate surface area is 127 Å².